The maximum atomic E-state index is 9.35. The summed E-state index contributed by atoms with van der Waals surface area (Å²) in [4.78, 5) is 2.29. The molecule has 0 aliphatic heterocycles. The number of nitrogens with zero attached hydrogens (tertiary/aromatic N) is 4. The molecule has 1 aromatic heterocycles. The van der Waals surface area contributed by atoms with Gasteiger partial charge in [-0.25, -0.2) is 0 Å². The molecule has 0 aromatic carbocycles. The highest BCUT2D eigenvalue weighted by atomic mass is 16.5. The van der Waals surface area contributed by atoms with Crippen LogP contribution >= 0.6 is 0 Å². The van der Waals surface area contributed by atoms with Gasteiger partial charge in [0.1, 0.15) is 18.2 Å². The Morgan fingerprint density at radius 3 is 2.60 bits per heavy atom. The van der Waals surface area contributed by atoms with Crippen molar-refractivity contribution in [1.29, 1.82) is 5.26 Å². The third kappa shape index (κ3) is 3.26. The standard InChI is InChI=1S/C15H22N4O/c1-4-12-13(10-16)15(18-17-14(12)5-2)20-9-8-19(3)11-6-7-11/h11H,4-9H2,1-3H3. The SMILES string of the molecule is CCc1nnc(OCCN(C)C2CC2)c(C#N)c1CC. The Bertz CT molecular complexity index is 505. The molecule has 1 aliphatic rings. The van der Waals surface area contributed by atoms with Gasteiger partial charge in [0.15, 0.2) is 0 Å². The zero-order valence-electron chi connectivity index (χ0n) is 12.5. The highest BCUT2D eigenvalue weighted by Crippen LogP contribution is 2.25. The summed E-state index contributed by atoms with van der Waals surface area (Å²) in [6.07, 6.45) is 4.13. The van der Waals surface area contributed by atoms with Crippen LogP contribution in [0, 0.1) is 11.3 Å². The summed E-state index contributed by atoms with van der Waals surface area (Å²) < 4.78 is 5.68. The van der Waals surface area contributed by atoms with E-state index in [1.54, 1.807) is 0 Å². The molecular weight excluding hydrogens is 252 g/mol. The molecule has 0 N–H and O–H groups in total. The zero-order chi connectivity index (χ0) is 14.5. The number of hydrogen-bond acceptors (Lipinski definition) is 5. The van der Waals surface area contributed by atoms with Gasteiger partial charge in [0.2, 0.25) is 0 Å². The molecule has 0 radical (unpaired) electrons. The van der Waals surface area contributed by atoms with Crippen LogP contribution in [0.5, 0.6) is 5.88 Å². The van der Waals surface area contributed by atoms with E-state index in [1.165, 1.54) is 12.8 Å². The minimum absolute atomic E-state index is 0.380. The molecular formula is C15H22N4O. The van der Waals surface area contributed by atoms with Gasteiger partial charge in [-0.15, -0.1) is 5.10 Å². The lowest BCUT2D eigenvalue weighted by molar-refractivity contribution is 0.224. The highest BCUT2D eigenvalue weighted by molar-refractivity contribution is 5.46. The average Bonchev–Trinajstić information content (AvgIpc) is 3.30. The lowest BCUT2D eigenvalue weighted by Gasteiger charge is -2.16. The van der Waals surface area contributed by atoms with Crippen LogP contribution in [-0.2, 0) is 12.8 Å². The first kappa shape index (κ1) is 14.7. The number of likely N-dealkylation sites (N-methyl/N-ethyl adjacent to an activating group) is 1. The van der Waals surface area contributed by atoms with E-state index < -0.39 is 0 Å². The molecule has 20 heavy (non-hydrogen) atoms. The fourth-order valence-corrected chi connectivity index (χ4v) is 2.35. The first-order valence-corrected chi connectivity index (χ1v) is 7.32. The second kappa shape index (κ2) is 6.67. The monoisotopic (exact) mass is 274 g/mol. The van der Waals surface area contributed by atoms with Gasteiger partial charge in [-0.1, -0.05) is 13.8 Å². The molecule has 0 spiro atoms. The molecule has 0 atom stereocenters. The van der Waals surface area contributed by atoms with E-state index in [0.717, 1.165) is 30.6 Å². The summed E-state index contributed by atoms with van der Waals surface area (Å²) >= 11 is 0. The van der Waals surface area contributed by atoms with E-state index in [1.807, 2.05) is 13.8 Å². The predicted octanol–water partition coefficient (Wildman–Crippen LogP) is 1.95. The summed E-state index contributed by atoms with van der Waals surface area (Å²) in [5.41, 5.74) is 2.41. The van der Waals surface area contributed by atoms with Gasteiger partial charge < -0.3 is 9.64 Å². The van der Waals surface area contributed by atoms with Crippen molar-refractivity contribution in [1.82, 2.24) is 15.1 Å². The van der Waals surface area contributed by atoms with Crippen molar-refractivity contribution in [2.45, 2.75) is 45.6 Å². The van der Waals surface area contributed by atoms with Gasteiger partial charge in [0.25, 0.3) is 5.88 Å². The minimum Gasteiger partial charge on any atom is -0.474 e. The molecule has 1 heterocycles. The number of hydrogen-bond donors (Lipinski definition) is 0. The summed E-state index contributed by atoms with van der Waals surface area (Å²) in [5, 5.41) is 17.6. The molecule has 0 bridgehead atoms. The molecule has 1 aliphatic carbocycles. The van der Waals surface area contributed by atoms with Gasteiger partial charge in [-0.05, 0) is 38.3 Å². The van der Waals surface area contributed by atoms with Crippen molar-refractivity contribution >= 4 is 0 Å². The Morgan fingerprint density at radius 2 is 2.05 bits per heavy atom. The molecule has 0 saturated heterocycles. The topological polar surface area (TPSA) is 62.0 Å². The van der Waals surface area contributed by atoms with E-state index in [0.29, 0.717) is 24.1 Å². The van der Waals surface area contributed by atoms with Crippen LogP contribution in [0.1, 0.15) is 43.5 Å². The second-order valence-corrected chi connectivity index (χ2v) is 5.18. The Labute approximate surface area is 120 Å². The number of aromatic nitrogens is 2. The number of nitriles is 1. The summed E-state index contributed by atoms with van der Waals surface area (Å²) in [6.45, 7) is 5.45. The van der Waals surface area contributed by atoms with Crippen LogP contribution in [-0.4, -0.2) is 41.3 Å². The second-order valence-electron chi connectivity index (χ2n) is 5.18. The fourth-order valence-electron chi connectivity index (χ4n) is 2.35. The summed E-state index contributed by atoms with van der Waals surface area (Å²) in [7, 11) is 2.11. The van der Waals surface area contributed by atoms with Gasteiger partial charge in [-0.2, -0.15) is 10.4 Å². The Balaban J connectivity index is 2.05. The predicted molar refractivity (Wildman–Crippen MR) is 76.7 cm³/mol. The lowest BCUT2D eigenvalue weighted by atomic mass is 10.0. The Morgan fingerprint density at radius 1 is 1.30 bits per heavy atom. The maximum Gasteiger partial charge on any atom is 0.251 e. The quantitative estimate of drug-likeness (QED) is 0.760. The van der Waals surface area contributed by atoms with Crippen molar-refractivity contribution < 1.29 is 4.74 Å². The smallest absolute Gasteiger partial charge is 0.251 e. The molecule has 0 unspecified atom stereocenters. The Kier molecular flexibility index (Phi) is 4.91. The number of aryl methyl sites for hydroxylation is 1. The van der Waals surface area contributed by atoms with Crippen molar-refractivity contribution in [2.24, 2.45) is 0 Å². The molecule has 5 heteroatoms. The molecule has 2 rings (SSSR count). The van der Waals surface area contributed by atoms with Crippen molar-refractivity contribution in [3.05, 3.63) is 16.8 Å². The van der Waals surface area contributed by atoms with Crippen LogP contribution in [0.2, 0.25) is 0 Å². The third-order valence-electron chi connectivity index (χ3n) is 3.78. The van der Waals surface area contributed by atoms with Crippen LogP contribution in [0.25, 0.3) is 0 Å². The van der Waals surface area contributed by atoms with Crippen molar-refractivity contribution in [3.8, 4) is 11.9 Å². The van der Waals surface area contributed by atoms with Crippen molar-refractivity contribution in [3.63, 3.8) is 0 Å². The van der Waals surface area contributed by atoms with E-state index in [-0.39, 0.29) is 0 Å². The fraction of sp³-hybridized carbons (Fsp3) is 0.667. The maximum absolute atomic E-state index is 9.35. The van der Waals surface area contributed by atoms with Gasteiger partial charge in [-0.3, -0.25) is 0 Å². The number of rotatable bonds is 7. The minimum atomic E-state index is 0.380. The molecule has 5 nitrogen and oxygen atoms in total. The molecule has 0 amide bonds. The van der Waals surface area contributed by atoms with Crippen LogP contribution in [0.4, 0.5) is 0 Å². The molecule has 1 saturated carbocycles. The van der Waals surface area contributed by atoms with E-state index in [2.05, 4.69) is 28.2 Å². The highest BCUT2D eigenvalue weighted by Gasteiger charge is 2.25. The van der Waals surface area contributed by atoms with Crippen LogP contribution in [0.3, 0.4) is 0 Å². The van der Waals surface area contributed by atoms with Gasteiger partial charge in [0.05, 0.1) is 5.69 Å². The van der Waals surface area contributed by atoms with Gasteiger partial charge in [0, 0.05) is 12.6 Å². The first-order valence-electron chi connectivity index (χ1n) is 7.32. The molecule has 1 fully saturated rings. The normalized spacial score (nSPS) is 14.3. The summed E-state index contributed by atoms with van der Waals surface area (Å²) in [5.74, 6) is 0.380. The van der Waals surface area contributed by atoms with E-state index >= 15 is 0 Å². The van der Waals surface area contributed by atoms with Crippen LogP contribution < -0.4 is 4.74 Å². The van der Waals surface area contributed by atoms with E-state index in [9.17, 15) is 5.26 Å². The number of ether oxygens (including phenoxy) is 1. The third-order valence-corrected chi connectivity index (χ3v) is 3.78. The molecule has 108 valence electrons. The van der Waals surface area contributed by atoms with Gasteiger partial charge >= 0.3 is 0 Å². The van der Waals surface area contributed by atoms with E-state index in [4.69, 9.17) is 4.74 Å². The summed E-state index contributed by atoms with van der Waals surface area (Å²) in [6, 6.07) is 2.94. The zero-order valence-corrected chi connectivity index (χ0v) is 12.5. The largest absolute Gasteiger partial charge is 0.474 e. The lowest BCUT2D eigenvalue weighted by Crippen LogP contribution is -2.26. The Hall–Kier alpha value is -1.67. The average molecular weight is 274 g/mol. The van der Waals surface area contributed by atoms with Crippen molar-refractivity contribution in [2.75, 3.05) is 20.2 Å². The van der Waals surface area contributed by atoms with Crippen LogP contribution in [0.15, 0.2) is 0 Å². The first-order chi connectivity index (χ1) is 9.71. The molecule has 1 aromatic rings.